The van der Waals surface area contributed by atoms with Crippen LogP contribution >= 0.6 is 22.9 Å². The molecule has 0 saturated carbocycles. The molecule has 1 aliphatic rings. The van der Waals surface area contributed by atoms with E-state index in [1.54, 1.807) is 11.3 Å². The van der Waals surface area contributed by atoms with Gasteiger partial charge in [-0.15, -0.1) is 22.9 Å². The number of likely N-dealkylation sites (tertiary alicyclic amines) is 1. The van der Waals surface area contributed by atoms with Crippen LogP contribution in [-0.4, -0.2) is 59.2 Å². The second-order valence-corrected chi connectivity index (χ2v) is 6.65. The standard InChI is InChI=1S/C13H22ClN3OS/c1-9(13-15-10(5-14)8-19-13)17-7-12(18)4-11(17)6-16(2)3/h8-9,11-12,18H,4-7H2,1-3H3. The molecule has 108 valence electrons. The molecule has 2 heterocycles. The van der Waals surface area contributed by atoms with Crippen molar-refractivity contribution < 1.29 is 5.11 Å². The fraction of sp³-hybridized carbons (Fsp3) is 0.769. The average molecular weight is 304 g/mol. The molecule has 0 aromatic carbocycles. The van der Waals surface area contributed by atoms with Crippen LogP contribution < -0.4 is 0 Å². The third-order valence-corrected chi connectivity index (χ3v) is 4.91. The van der Waals surface area contributed by atoms with Crippen LogP contribution in [-0.2, 0) is 5.88 Å². The van der Waals surface area contributed by atoms with Crippen LogP contribution in [0.5, 0.6) is 0 Å². The number of β-amino-alcohol motifs (C(OH)–C–C–N with tert-alkyl or cyclic N) is 1. The predicted molar refractivity (Wildman–Crippen MR) is 79.8 cm³/mol. The molecule has 1 saturated heterocycles. The van der Waals surface area contributed by atoms with Crippen molar-refractivity contribution in [3.8, 4) is 0 Å². The third-order valence-electron chi connectivity index (χ3n) is 3.57. The molecule has 1 aromatic heterocycles. The molecule has 1 aromatic rings. The number of likely N-dealkylation sites (N-methyl/N-ethyl adjacent to an activating group) is 1. The van der Waals surface area contributed by atoms with E-state index >= 15 is 0 Å². The molecule has 1 N–H and O–H groups in total. The van der Waals surface area contributed by atoms with E-state index in [1.807, 2.05) is 5.38 Å². The lowest BCUT2D eigenvalue weighted by Crippen LogP contribution is -2.39. The van der Waals surface area contributed by atoms with Gasteiger partial charge >= 0.3 is 0 Å². The molecule has 2 rings (SSSR count). The highest BCUT2D eigenvalue weighted by Gasteiger charge is 2.35. The number of nitrogens with zero attached hydrogens (tertiary/aromatic N) is 3. The molecule has 0 aliphatic carbocycles. The molecular weight excluding hydrogens is 282 g/mol. The second-order valence-electron chi connectivity index (χ2n) is 5.49. The van der Waals surface area contributed by atoms with Gasteiger partial charge in [-0.1, -0.05) is 0 Å². The monoisotopic (exact) mass is 303 g/mol. The lowest BCUT2D eigenvalue weighted by Gasteiger charge is -2.30. The number of alkyl halides is 1. The van der Waals surface area contributed by atoms with Crippen LogP contribution in [0.25, 0.3) is 0 Å². The molecule has 0 radical (unpaired) electrons. The van der Waals surface area contributed by atoms with E-state index in [0.717, 1.165) is 30.2 Å². The van der Waals surface area contributed by atoms with Crippen molar-refractivity contribution in [2.24, 2.45) is 0 Å². The number of aromatic nitrogens is 1. The van der Waals surface area contributed by atoms with Crippen LogP contribution in [0.4, 0.5) is 0 Å². The minimum atomic E-state index is -0.222. The van der Waals surface area contributed by atoms with E-state index in [-0.39, 0.29) is 12.1 Å². The van der Waals surface area contributed by atoms with Gasteiger partial charge < -0.3 is 10.0 Å². The summed E-state index contributed by atoms with van der Waals surface area (Å²) < 4.78 is 0. The molecule has 3 atom stereocenters. The van der Waals surface area contributed by atoms with Gasteiger partial charge in [0.05, 0.1) is 23.7 Å². The predicted octanol–water partition coefficient (Wildman–Crippen LogP) is 1.94. The van der Waals surface area contributed by atoms with Crippen molar-refractivity contribution >= 4 is 22.9 Å². The third kappa shape index (κ3) is 3.67. The van der Waals surface area contributed by atoms with Crippen LogP contribution in [0, 0.1) is 0 Å². The van der Waals surface area contributed by atoms with E-state index in [2.05, 4.69) is 35.8 Å². The van der Waals surface area contributed by atoms with Gasteiger partial charge in [-0.2, -0.15) is 0 Å². The van der Waals surface area contributed by atoms with Crippen molar-refractivity contribution in [3.05, 3.63) is 16.1 Å². The smallest absolute Gasteiger partial charge is 0.110 e. The highest BCUT2D eigenvalue weighted by Crippen LogP contribution is 2.31. The summed E-state index contributed by atoms with van der Waals surface area (Å²) in [5.41, 5.74) is 0.942. The molecule has 1 fully saturated rings. The molecule has 0 bridgehead atoms. The number of hydrogen-bond acceptors (Lipinski definition) is 5. The van der Waals surface area contributed by atoms with Gasteiger partial charge in [0.1, 0.15) is 5.01 Å². The zero-order valence-electron chi connectivity index (χ0n) is 11.7. The van der Waals surface area contributed by atoms with Crippen LogP contribution in [0.1, 0.15) is 30.1 Å². The number of thiazole rings is 1. The van der Waals surface area contributed by atoms with Crippen molar-refractivity contribution in [3.63, 3.8) is 0 Å². The number of rotatable bonds is 5. The van der Waals surface area contributed by atoms with E-state index < -0.39 is 0 Å². The van der Waals surface area contributed by atoms with Gasteiger partial charge in [0.2, 0.25) is 0 Å². The van der Waals surface area contributed by atoms with Crippen molar-refractivity contribution in [2.75, 3.05) is 27.2 Å². The van der Waals surface area contributed by atoms with Crippen molar-refractivity contribution in [2.45, 2.75) is 37.4 Å². The highest BCUT2D eigenvalue weighted by atomic mass is 35.5. The Bertz CT molecular complexity index is 412. The van der Waals surface area contributed by atoms with Gasteiger partial charge in [0.25, 0.3) is 0 Å². The lowest BCUT2D eigenvalue weighted by molar-refractivity contribution is 0.143. The average Bonchev–Trinajstić information content (AvgIpc) is 2.94. The van der Waals surface area contributed by atoms with E-state index in [4.69, 9.17) is 11.6 Å². The Hall–Kier alpha value is -0.200. The van der Waals surface area contributed by atoms with Gasteiger partial charge in [-0.3, -0.25) is 4.90 Å². The Labute approximate surface area is 124 Å². The first-order chi connectivity index (χ1) is 9.01. The van der Waals surface area contributed by atoms with Crippen LogP contribution in [0.2, 0.25) is 0 Å². The molecule has 1 aliphatic heterocycles. The summed E-state index contributed by atoms with van der Waals surface area (Å²) >= 11 is 7.47. The van der Waals surface area contributed by atoms with Gasteiger partial charge in [0, 0.05) is 24.5 Å². The fourth-order valence-corrected chi connectivity index (χ4v) is 3.83. The highest BCUT2D eigenvalue weighted by molar-refractivity contribution is 7.09. The minimum Gasteiger partial charge on any atom is -0.392 e. The number of halogens is 1. The van der Waals surface area contributed by atoms with Crippen LogP contribution in [0.3, 0.4) is 0 Å². The van der Waals surface area contributed by atoms with E-state index in [0.29, 0.717) is 11.9 Å². The molecule has 0 spiro atoms. The Morgan fingerprint density at radius 3 is 2.95 bits per heavy atom. The zero-order valence-corrected chi connectivity index (χ0v) is 13.3. The summed E-state index contributed by atoms with van der Waals surface area (Å²) in [6, 6.07) is 0.632. The maximum atomic E-state index is 9.93. The summed E-state index contributed by atoms with van der Waals surface area (Å²) in [7, 11) is 4.14. The zero-order chi connectivity index (χ0) is 14.0. The first kappa shape index (κ1) is 15.2. The molecule has 6 heteroatoms. The molecule has 0 amide bonds. The second kappa shape index (κ2) is 6.50. The van der Waals surface area contributed by atoms with Gasteiger partial charge in [-0.25, -0.2) is 4.98 Å². The number of hydrogen-bond donors (Lipinski definition) is 1. The Kier molecular flexibility index (Phi) is 5.20. The van der Waals surface area contributed by atoms with Crippen LogP contribution in [0.15, 0.2) is 5.38 Å². The maximum Gasteiger partial charge on any atom is 0.110 e. The fourth-order valence-electron chi connectivity index (χ4n) is 2.71. The molecular formula is C13H22ClN3OS. The van der Waals surface area contributed by atoms with Gasteiger partial charge in [-0.05, 0) is 27.4 Å². The molecule has 3 unspecified atom stereocenters. The minimum absolute atomic E-state index is 0.222. The molecule has 19 heavy (non-hydrogen) atoms. The summed E-state index contributed by atoms with van der Waals surface area (Å²) in [4.78, 5) is 9.10. The largest absolute Gasteiger partial charge is 0.392 e. The van der Waals surface area contributed by atoms with Crippen molar-refractivity contribution in [1.29, 1.82) is 0 Å². The van der Waals surface area contributed by atoms with Crippen molar-refractivity contribution in [1.82, 2.24) is 14.8 Å². The Morgan fingerprint density at radius 1 is 1.63 bits per heavy atom. The van der Waals surface area contributed by atoms with Gasteiger partial charge in [0.15, 0.2) is 0 Å². The molecule has 4 nitrogen and oxygen atoms in total. The summed E-state index contributed by atoms with van der Waals surface area (Å²) in [6.45, 7) is 3.86. The first-order valence-corrected chi connectivity index (χ1v) is 8.01. The number of aliphatic hydroxyl groups excluding tert-OH is 1. The lowest BCUT2D eigenvalue weighted by atomic mass is 10.1. The summed E-state index contributed by atoms with van der Waals surface area (Å²) in [5, 5.41) is 13.0. The topological polar surface area (TPSA) is 39.6 Å². The maximum absolute atomic E-state index is 9.93. The summed E-state index contributed by atoms with van der Waals surface area (Å²) in [5.74, 6) is 0.465. The quantitative estimate of drug-likeness (QED) is 0.844. The Morgan fingerprint density at radius 2 is 2.37 bits per heavy atom. The summed E-state index contributed by atoms with van der Waals surface area (Å²) in [6.07, 6.45) is 0.621. The first-order valence-electron chi connectivity index (χ1n) is 6.60. The SMILES string of the molecule is CC(c1nc(CCl)cs1)N1CC(O)CC1CN(C)C. The Balaban J connectivity index is 2.09. The van der Waals surface area contributed by atoms with E-state index in [1.165, 1.54) is 0 Å². The normalized spacial score (nSPS) is 26.2. The number of aliphatic hydroxyl groups is 1. The van der Waals surface area contributed by atoms with E-state index in [9.17, 15) is 5.11 Å².